The van der Waals surface area contributed by atoms with E-state index < -0.39 is 5.54 Å². The molecule has 1 aliphatic heterocycles. The van der Waals surface area contributed by atoms with Crippen molar-refractivity contribution in [2.75, 3.05) is 19.0 Å². The van der Waals surface area contributed by atoms with Gasteiger partial charge in [0.2, 0.25) is 0 Å². The van der Waals surface area contributed by atoms with E-state index in [9.17, 15) is 0 Å². The SMILES string of the molecule is CN(C)c1ccc(C2(c3ccccc3)C=CC=CC=N2)cc1. The van der Waals surface area contributed by atoms with Gasteiger partial charge in [-0.3, -0.25) is 4.99 Å². The van der Waals surface area contributed by atoms with Gasteiger partial charge in [-0.1, -0.05) is 54.6 Å². The Morgan fingerprint density at radius 2 is 1.45 bits per heavy atom. The molecule has 2 nitrogen and oxygen atoms in total. The lowest BCUT2D eigenvalue weighted by molar-refractivity contribution is 0.690. The molecule has 1 heterocycles. The molecular formula is C20H20N2. The van der Waals surface area contributed by atoms with Crippen molar-refractivity contribution in [3.63, 3.8) is 0 Å². The first-order valence-corrected chi connectivity index (χ1v) is 7.45. The van der Waals surface area contributed by atoms with Gasteiger partial charge in [0.05, 0.1) is 0 Å². The van der Waals surface area contributed by atoms with Crippen molar-refractivity contribution in [3.8, 4) is 0 Å². The minimum atomic E-state index is -0.463. The zero-order valence-electron chi connectivity index (χ0n) is 13.0. The van der Waals surface area contributed by atoms with Gasteiger partial charge in [-0.25, -0.2) is 0 Å². The number of allylic oxidation sites excluding steroid dienone is 3. The molecule has 0 bridgehead atoms. The minimum Gasteiger partial charge on any atom is -0.378 e. The van der Waals surface area contributed by atoms with Crippen molar-refractivity contribution in [1.82, 2.24) is 0 Å². The van der Waals surface area contributed by atoms with Crippen LogP contribution in [-0.4, -0.2) is 20.3 Å². The molecule has 0 radical (unpaired) electrons. The third kappa shape index (κ3) is 2.60. The summed E-state index contributed by atoms with van der Waals surface area (Å²) in [6.45, 7) is 0. The van der Waals surface area contributed by atoms with E-state index in [2.05, 4.69) is 79.7 Å². The predicted octanol–water partition coefficient (Wildman–Crippen LogP) is 4.19. The summed E-state index contributed by atoms with van der Waals surface area (Å²) in [4.78, 5) is 6.96. The number of nitrogens with zero attached hydrogens (tertiary/aromatic N) is 2. The second-order valence-corrected chi connectivity index (χ2v) is 5.60. The molecule has 0 amide bonds. The van der Waals surface area contributed by atoms with Crippen LogP contribution in [0.4, 0.5) is 5.69 Å². The average molecular weight is 288 g/mol. The van der Waals surface area contributed by atoms with Crippen LogP contribution in [0.25, 0.3) is 0 Å². The fourth-order valence-electron chi connectivity index (χ4n) is 2.73. The molecular weight excluding hydrogens is 268 g/mol. The van der Waals surface area contributed by atoms with Gasteiger partial charge in [0.25, 0.3) is 0 Å². The summed E-state index contributed by atoms with van der Waals surface area (Å²) in [5, 5.41) is 0. The molecule has 3 rings (SSSR count). The molecule has 1 unspecified atom stereocenters. The number of rotatable bonds is 3. The molecule has 2 aromatic rings. The monoisotopic (exact) mass is 288 g/mol. The molecule has 0 saturated heterocycles. The molecule has 1 aliphatic rings. The first-order valence-electron chi connectivity index (χ1n) is 7.45. The van der Waals surface area contributed by atoms with Gasteiger partial charge in [0, 0.05) is 26.0 Å². The molecule has 110 valence electrons. The first kappa shape index (κ1) is 14.3. The predicted molar refractivity (Wildman–Crippen MR) is 94.8 cm³/mol. The second kappa shape index (κ2) is 6.02. The Morgan fingerprint density at radius 1 is 0.773 bits per heavy atom. The lowest BCUT2D eigenvalue weighted by Crippen LogP contribution is -2.23. The van der Waals surface area contributed by atoms with Crippen molar-refractivity contribution in [1.29, 1.82) is 0 Å². The van der Waals surface area contributed by atoms with Crippen LogP contribution in [0.1, 0.15) is 11.1 Å². The highest BCUT2D eigenvalue weighted by molar-refractivity contribution is 5.74. The summed E-state index contributed by atoms with van der Waals surface area (Å²) in [6.07, 6.45) is 10.1. The van der Waals surface area contributed by atoms with Gasteiger partial charge in [-0.15, -0.1) is 0 Å². The van der Waals surface area contributed by atoms with Crippen molar-refractivity contribution in [2.24, 2.45) is 4.99 Å². The third-order valence-electron chi connectivity index (χ3n) is 3.96. The van der Waals surface area contributed by atoms with E-state index >= 15 is 0 Å². The van der Waals surface area contributed by atoms with Gasteiger partial charge in [0.1, 0.15) is 5.54 Å². The van der Waals surface area contributed by atoms with Crippen LogP contribution in [-0.2, 0) is 5.54 Å². The van der Waals surface area contributed by atoms with E-state index in [4.69, 9.17) is 4.99 Å². The molecule has 0 aromatic heterocycles. The Hall–Kier alpha value is -2.61. The smallest absolute Gasteiger partial charge is 0.129 e. The highest BCUT2D eigenvalue weighted by atomic mass is 15.1. The number of aliphatic imine (C=N–C) groups is 1. The number of hydrogen-bond acceptors (Lipinski definition) is 2. The van der Waals surface area contributed by atoms with Crippen molar-refractivity contribution in [3.05, 3.63) is 90.0 Å². The normalized spacial score (nSPS) is 19.9. The number of hydrogen-bond donors (Lipinski definition) is 0. The molecule has 2 aromatic carbocycles. The fourth-order valence-corrected chi connectivity index (χ4v) is 2.73. The van der Waals surface area contributed by atoms with Gasteiger partial charge in [-0.05, 0) is 35.4 Å². The molecule has 0 saturated carbocycles. The number of anilines is 1. The summed E-state index contributed by atoms with van der Waals surface area (Å²) in [5.41, 5.74) is 3.06. The summed E-state index contributed by atoms with van der Waals surface area (Å²) in [6, 6.07) is 19.0. The van der Waals surface area contributed by atoms with Gasteiger partial charge in [0.15, 0.2) is 0 Å². The Balaban J connectivity index is 2.14. The fraction of sp³-hybridized carbons (Fsp3) is 0.150. The average Bonchev–Trinajstić information content (AvgIpc) is 2.83. The second-order valence-electron chi connectivity index (χ2n) is 5.60. The maximum Gasteiger partial charge on any atom is 0.129 e. The van der Waals surface area contributed by atoms with Crippen LogP contribution in [0.3, 0.4) is 0 Å². The topological polar surface area (TPSA) is 15.6 Å². The lowest BCUT2D eigenvalue weighted by atomic mass is 9.83. The van der Waals surface area contributed by atoms with Gasteiger partial charge >= 0.3 is 0 Å². The Morgan fingerprint density at radius 3 is 2.14 bits per heavy atom. The number of benzene rings is 2. The molecule has 0 aliphatic carbocycles. The van der Waals surface area contributed by atoms with Crippen LogP contribution in [0.5, 0.6) is 0 Å². The lowest BCUT2D eigenvalue weighted by Gasteiger charge is -2.28. The van der Waals surface area contributed by atoms with Crippen LogP contribution >= 0.6 is 0 Å². The maximum atomic E-state index is 4.86. The van der Waals surface area contributed by atoms with E-state index in [1.54, 1.807) is 0 Å². The van der Waals surface area contributed by atoms with Gasteiger partial charge in [-0.2, -0.15) is 0 Å². The zero-order chi connectivity index (χ0) is 15.4. The van der Waals surface area contributed by atoms with Crippen molar-refractivity contribution in [2.45, 2.75) is 5.54 Å². The van der Waals surface area contributed by atoms with Crippen molar-refractivity contribution < 1.29 is 0 Å². The summed E-state index contributed by atoms with van der Waals surface area (Å²) < 4.78 is 0. The summed E-state index contributed by atoms with van der Waals surface area (Å²) >= 11 is 0. The molecule has 2 heteroatoms. The summed E-state index contributed by atoms with van der Waals surface area (Å²) in [5.74, 6) is 0. The van der Waals surface area contributed by atoms with E-state index in [-0.39, 0.29) is 0 Å². The quantitative estimate of drug-likeness (QED) is 0.826. The van der Waals surface area contributed by atoms with E-state index in [1.165, 1.54) is 16.8 Å². The summed E-state index contributed by atoms with van der Waals surface area (Å²) in [7, 11) is 4.10. The van der Waals surface area contributed by atoms with Crippen molar-refractivity contribution >= 4 is 11.9 Å². The van der Waals surface area contributed by atoms with Crippen LogP contribution < -0.4 is 4.90 Å². The maximum absolute atomic E-state index is 4.86. The zero-order valence-corrected chi connectivity index (χ0v) is 13.0. The van der Waals surface area contributed by atoms with E-state index in [0.29, 0.717) is 0 Å². The molecule has 22 heavy (non-hydrogen) atoms. The third-order valence-corrected chi connectivity index (χ3v) is 3.96. The first-order chi connectivity index (χ1) is 10.7. The largest absolute Gasteiger partial charge is 0.378 e. The molecule has 1 atom stereocenters. The molecule has 0 fully saturated rings. The van der Waals surface area contributed by atoms with Crippen LogP contribution in [0.15, 0.2) is 83.9 Å². The molecule has 0 spiro atoms. The molecule has 0 N–H and O–H groups in total. The Labute approximate surface area is 132 Å². The van der Waals surface area contributed by atoms with Crippen LogP contribution in [0.2, 0.25) is 0 Å². The van der Waals surface area contributed by atoms with E-state index in [1.807, 2.05) is 24.4 Å². The van der Waals surface area contributed by atoms with Gasteiger partial charge < -0.3 is 4.90 Å². The standard InChI is InChI=1S/C20H20N2/c1-22(2)19-13-11-18(12-14-19)20(15-7-4-8-16-21-20)17-9-5-3-6-10-17/h3-16H,1-2H3. The highest BCUT2D eigenvalue weighted by Crippen LogP contribution is 2.36. The Bertz CT molecular complexity index is 691. The van der Waals surface area contributed by atoms with Crippen LogP contribution in [0, 0.1) is 0 Å². The Kier molecular flexibility index (Phi) is 3.92. The van der Waals surface area contributed by atoms with E-state index in [0.717, 1.165) is 0 Å². The minimum absolute atomic E-state index is 0.463. The highest BCUT2D eigenvalue weighted by Gasteiger charge is 2.30.